The maximum absolute atomic E-state index is 16.1. The van der Waals surface area contributed by atoms with Gasteiger partial charge in [0, 0.05) is 49.6 Å². The zero-order valence-corrected chi connectivity index (χ0v) is 50.8. The van der Waals surface area contributed by atoms with Crippen LogP contribution in [-0.4, -0.2) is 125 Å². The van der Waals surface area contributed by atoms with Gasteiger partial charge < -0.3 is 46.6 Å². The Hall–Kier alpha value is -7.69. The van der Waals surface area contributed by atoms with Crippen molar-refractivity contribution >= 4 is 41.4 Å². The second-order valence-corrected chi connectivity index (χ2v) is 25.4. The van der Waals surface area contributed by atoms with Crippen LogP contribution in [0.25, 0.3) is 0 Å². The lowest BCUT2D eigenvalue weighted by Crippen LogP contribution is -2.62. The number of carbonyl (C=O) groups is 7. The molecule has 16 nitrogen and oxygen atoms in total. The summed E-state index contributed by atoms with van der Waals surface area (Å²) < 4.78 is 0. The SMILES string of the molecule is CN[C@@H](C)C(=O)N[C@H](C(=O)N1C[C@@H](NC(=O)c2ccc(CN(C(=O)[C@@H]3Cc4ccccc4CN3C(=O)[C@@H](NC(=O)[C@H](C)NC)C(C)(C)C)[C@H](C)C(c3ccccc3)c3ccccc3)cc2)CC1C(=O)N[C@@H]1CCCc2ccccc21)C(C)(C)C. The second kappa shape index (κ2) is 26.9. The summed E-state index contributed by atoms with van der Waals surface area (Å²) in [6, 6.07) is 36.9. The van der Waals surface area contributed by atoms with Gasteiger partial charge in [-0.05, 0) is 122 Å². The Kier molecular flexibility index (Phi) is 20.0. The van der Waals surface area contributed by atoms with E-state index in [2.05, 4.69) is 62.2 Å². The number of rotatable bonds is 19. The molecule has 3 aliphatic rings. The molecule has 1 fully saturated rings. The predicted molar refractivity (Wildman–Crippen MR) is 327 cm³/mol. The van der Waals surface area contributed by atoms with Gasteiger partial charge in [0.15, 0.2) is 0 Å². The first-order valence-corrected chi connectivity index (χ1v) is 29.8. The third kappa shape index (κ3) is 14.4. The van der Waals surface area contributed by atoms with Crippen molar-refractivity contribution in [3.8, 4) is 0 Å². The number of likely N-dealkylation sites (N-methyl/N-ethyl adjacent to an activating group) is 2. The van der Waals surface area contributed by atoms with E-state index in [1.54, 1.807) is 45.0 Å². The average molecular weight is 1140 g/mol. The summed E-state index contributed by atoms with van der Waals surface area (Å²) in [5.74, 6) is -2.72. The summed E-state index contributed by atoms with van der Waals surface area (Å²) in [5, 5.41) is 18.3. The largest absolute Gasteiger partial charge is 0.347 e. The summed E-state index contributed by atoms with van der Waals surface area (Å²) in [6.07, 6.45) is 2.96. The third-order valence-corrected chi connectivity index (χ3v) is 17.3. The van der Waals surface area contributed by atoms with Crippen LogP contribution in [0.15, 0.2) is 133 Å². The van der Waals surface area contributed by atoms with Crippen LogP contribution in [0.3, 0.4) is 0 Å². The van der Waals surface area contributed by atoms with E-state index < -0.39 is 71.0 Å². The van der Waals surface area contributed by atoms with Crippen molar-refractivity contribution in [1.29, 1.82) is 0 Å². The molecule has 1 unspecified atom stereocenters. The minimum absolute atomic E-state index is 0.0358. The smallest absolute Gasteiger partial charge is 0.251 e. The average Bonchev–Trinajstić information content (AvgIpc) is 3.44. The summed E-state index contributed by atoms with van der Waals surface area (Å²) in [7, 11) is 3.36. The second-order valence-electron chi connectivity index (χ2n) is 25.4. The highest BCUT2D eigenvalue weighted by Crippen LogP contribution is 2.36. The van der Waals surface area contributed by atoms with Crippen LogP contribution in [0.1, 0.15) is 143 Å². The molecule has 2 heterocycles. The zero-order valence-electron chi connectivity index (χ0n) is 50.8. The van der Waals surface area contributed by atoms with E-state index in [-0.39, 0.29) is 74.0 Å². The van der Waals surface area contributed by atoms with Gasteiger partial charge in [0.1, 0.15) is 24.2 Å². The van der Waals surface area contributed by atoms with E-state index >= 15 is 9.59 Å². The normalized spacial score (nSPS) is 19.6. The molecule has 0 aromatic heterocycles. The minimum atomic E-state index is -0.976. The monoisotopic (exact) mass is 1140 g/mol. The third-order valence-electron chi connectivity index (χ3n) is 17.3. The summed E-state index contributed by atoms with van der Waals surface area (Å²) in [5.41, 5.74) is 5.76. The van der Waals surface area contributed by atoms with Gasteiger partial charge in [0.25, 0.3) is 5.91 Å². The first-order chi connectivity index (χ1) is 40.0. The van der Waals surface area contributed by atoms with Crippen molar-refractivity contribution in [3.05, 3.63) is 178 Å². The Morgan fingerprint density at radius 3 is 1.65 bits per heavy atom. The van der Waals surface area contributed by atoms with Gasteiger partial charge in [-0.2, -0.15) is 0 Å². The van der Waals surface area contributed by atoms with Crippen LogP contribution in [0.2, 0.25) is 0 Å². The van der Waals surface area contributed by atoms with Crippen LogP contribution in [0, 0.1) is 10.8 Å². The quantitative estimate of drug-likeness (QED) is 0.0489. The molecule has 2 aliphatic heterocycles. The Morgan fingerprint density at radius 1 is 0.595 bits per heavy atom. The molecule has 446 valence electrons. The number of nitrogens with one attached hydrogen (secondary N) is 6. The fourth-order valence-corrected chi connectivity index (χ4v) is 12.1. The van der Waals surface area contributed by atoms with Crippen LogP contribution >= 0.6 is 0 Å². The molecule has 1 saturated heterocycles. The standard InChI is InChI=1S/C68H87N9O7/c1-42(69-10)60(78)73-58(67(4,5)6)65(83)76-40-51-29-19-18-28-50(51)37-56(76)64(82)75(44(3)57(47-24-14-12-15-25-47)48-26-16-13-17-27-48)39-45-33-35-49(36-34-45)62(80)71-52-38-55(63(81)72-54-32-22-30-46-23-20-21-31-53(46)54)77(41-52)66(84)59(68(7,8)9)74-61(79)43(2)70-11/h12-21,23-29,31,33-36,42-44,52,54-59,69-70H,22,30,32,37-41H2,1-11H3,(H,71,80)(H,72,81)(H,73,78)(H,74,79)/t42-,43-,44+,52-,54+,55?,56-,58+,59+/m0/s1. The fraction of sp³-hybridized carbons (Fsp3) is 0.456. The van der Waals surface area contributed by atoms with E-state index in [4.69, 9.17) is 0 Å². The molecule has 16 heteroatoms. The zero-order chi connectivity index (χ0) is 60.6. The number of amides is 7. The van der Waals surface area contributed by atoms with Gasteiger partial charge in [0.2, 0.25) is 35.4 Å². The first-order valence-electron chi connectivity index (χ1n) is 29.8. The van der Waals surface area contributed by atoms with Gasteiger partial charge >= 0.3 is 0 Å². The van der Waals surface area contributed by atoms with Crippen LogP contribution in [0.5, 0.6) is 0 Å². The van der Waals surface area contributed by atoms with E-state index in [1.807, 2.05) is 144 Å². The Balaban J connectivity index is 1.10. The maximum Gasteiger partial charge on any atom is 0.251 e. The molecule has 0 saturated carbocycles. The topological polar surface area (TPSA) is 201 Å². The fourth-order valence-electron chi connectivity index (χ4n) is 12.1. The van der Waals surface area contributed by atoms with E-state index in [9.17, 15) is 24.0 Å². The lowest BCUT2D eigenvalue weighted by atomic mass is 9.83. The van der Waals surface area contributed by atoms with Gasteiger partial charge in [-0.3, -0.25) is 33.6 Å². The minimum Gasteiger partial charge on any atom is -0.347 e. The predicted octanol–water partition coefficient (Wildman–Crippen LogP) is 7.36. The molecular formula is C68H87N9O7. The van der Waals surface area contributed by atoms with E-state index in [0.717, 1.165) is 52.6 Å². The van der Waals surface area contributed by atoms with Crippen molar-refractivity contribution in [2.75, 3.05) is 20.6 Å². The number of fused-ring (bicyclic) bond motifs is 2. The lowest BCUT2D eigenvalue weighted by molar-refractivity contribution is -0.152. The van der Waals surface area contributed by atoms with Gasteiger partial charge in [-0.15, -0.1) is 0 Å². The van der Waals surface area contributed by atoms with E-state index in [0.29, 0.717) is 5.56 Å². The summed E-state index contributed by atoms with van der Waals surface area (Å²) >= 11 is 0. The van der Waals surface area contributed by atoms with Crippen molar-refractivity contribution in [3.63, 3.8) is 0 Å². The van der Waals surface area contributed by atoms with Gasteiger partial charge in [0.05, 0.1) is 18.1 Å². The number of benzene rings is 5. The molecule has 7 amide bonds. The van der Waals surface area contributed by atoms with Crippen molar-refractivity contribution in [2.45, 2.75) is 168 Å². The van der Waals surface area contributed by atoms with E-state index in [1.165, 1.54) is 10.5 Å². The molecule has 1 aliphatic carbocycles. The number of hydrogen-bond donors (Lipinski definition) is 6. The molecule has 5 aromatic carbocycles. The number of aryl methyl sites for hydroxylation is 1. The molecule has 0 spiro atoms. The lowest BCUT2D eigenvalue weighted by Gasteiger charge is -2.44. The van der Waals surface area contributed by atoms with Crippen molar-refractivity contribution in [1.82, 2.24) is 46.6 Å². The number of nitrogens with zero attached hydrogens (tertiary/aromatic N) is 3. The summed E-state index contributed by atoms with van der Waals surface area (Å²) in [4.78, 5) is 107. The number of likely N-dealkylation sites (tertiary alicyclic amines) is 1. The molecule has 8 rings (SSSR count). The van der Waals surface area contributed by atoms with Gasteiger partial charge in [-0.25, -0.2) is 0 Å². The Bertz CT molecular complexity index is 3100. The summed E-state index contributed by atoms with van der Waals surface area (Å²) in [6.45, 7) is 17.2. The van der Waals surface area contributed by atoms with Crippen LogP contribution in [0.4, 0.5) is 0 Å². The maximum atomic E-state index is 16.1. The first kappa shape index (κ1) is 62.4. The highest BCUT2D eigenvalue weighted by molar-refractivity contribution is 5.97. The van der Waals surface area contributed by atoms with Crippen LogP contribution in [-0.2, 0) is 54.7 Å². The van der Waals surface area contributed by atoms with Crippen molar-refractivity contribution in [2.24, 2.45) is 10.8 Å². The molecule has 84 heavy (non-hydrogen) atoms. The Morgan fingerprint density at radius 2 is 1.11 bits per heavy atom. The molecule has 5 aromatic rings. The molecule has 0 bridgehead atoms. The molecule has 0 radical (unpaired) electrons. The number of carbonyl (C=O) groups excluding carboxylic acids is 7. The molecule has 9 atom stereocenters. The molecule has 6 N–H and O–H groups in total. The van der Waals surface area contributed by atoms with Crippen LogP contribution < -0.4 is 31.9 Å². The van der Waals surface area contributed by atoms with Gasteiger partial charge in [-0.1, -0.05) is 163 Å². The highest BCUT2D eigenvalue weighted by atomic mass is 16.2. The Labute approximate surface area is 496 Å². The van der Waals surface area contributed by atoms with Crippen molar-refractivity contribution < 1.29 is 33.6 Å². The highest BCUT2D eigenvalue weighted by Gasteiger charge is 2.48. The molecular weight excluding hydrogens is 1050 g/mol. The number of hydrogen-bond acceptors (Lipinski definition) is 9.